The van der Waals surface area contributed by atoms with Gasteiger partial charge in [0.15, 0.2) is 0 Å². The van der Waals surface area contributed by atoms with Gasteiger partial charge in [-0.1, -0.05) is 41.5 Å². The van der Waals surface area contributed by atoms with Crippen LogP contribution in [0, 0.1) is 0 Å². The van der Waals surface area contributed by atoms with E-state index >= 15 is 0 Å². The third-order valence-corrected chi connectivity index (χ3v) is 13.9. The monoisotopic (exact) mass is 332 g/mol. The molecular formula is C15H32O4Si2. The van der Waals surface area contributed by atoms with Crippen LogP contribution in [0.1, 0.15) is 48.0 Å². The van der Waals surface area contributed by atoms with Crippen LogP contribution in [-0.2, 0) is 18.4 Å². The molecule has 4 nitrogen and oxygen atoms in total. The van der Waals surface area contributed by atoms with E-state index in [0.29, 0.717) is 0 Å². The van der Waals surface area contributed by atoms with E-state index in [2.05, 4.69) is 41.5 Å². The van der Waals surface area contributed by atoms with E-state index in [1.54, 1.807) is 0 Å². The van der Waals surface area contributed by atoms with Crippen molar-refractivity contribution in [3.8, 4) is 0 Å². The molecule has 124 valence electrons. The fourth-order valence-corrected chi connectivity index (χ4v) is 7.58. The van der Waals surface area contributed by atoms with Gasteiger partial charge in [0.05, 0.1) is 0 Å². The summed E-state index contributed by atoms with van der Waals surface area (Å²) in [6, 6.07) is 5.41. The van der Waals surface area contributed by atoms with Gasteiger partial charge in [0.2, 0.25) is 0 Å². The summed E-state index contributed by atoms with van der Waals surface area (Å²) in [5.41, 5.74) is 0. The Morgan fingerprint density at radius 3 is 1.05 bits per heavy atom. The molecule has 21 heavy (non-hydrogen) atoms. The Balaban J connectivity index is 4.62. The Morgan fingerprint density at radius 1 is 0.619 bits per heavy atom. The van der Waals surface area contributed by atoms with E-state index in [4.69, 9.17) is 8.85 Å². The Labute approximate surface area is 131 Å². The molecule has 0 N–H and O–H groups in total. The van der Waals surface area contributed by atoms with Gasteiger partial charge < -0.3 is 8.85 Å². The van der Waals surface area contributed by atoms with Gasteiger partial charge in [0.1, 0.15) is 6.42 Å². The standard InChI is InChI=1S/C15H32O4Si2/c1-7-20(8-2,9-3)18-14(16)13-15(17)19-21(10-4,11-5)12-6/h7-13H2,1-6H3. The van der Waals surface area contributed by atoms with Gasteiger partial charge >= 0.3 is 11.9 Å². The van der Waals surface area contributed by atoms with Crippen molar-refractivity contribution in [1.29, 1.82) is 0 Å². The average molecular weight is 333 g/mol. The summed E-state index contributed by atoms with van der Waals surface area (Å²) in [5, 5.41) is 0. The second kappa shape index (κ2) is 9.40. The second-order valence-corrected chi connectivity index (χ2v) is 15.0. The first kappa shape index (κ1) is 20.4. The Bertz CT molecular complexity index is 288. The predicted molar refractivity (Wildman–Crippen MR) is 91.2 cm³/mol. The number of hydrogen-bond donors (Lipinski definition) is 0. The Hall–Kier alpha value is -0.626. The molecule has 0 amide bonds. The first-order chi connectivity index (χ1) is 9.86. The van der Waals surface area contributed by atoms with Crippen molar-refractivity contribution in [3.05, 3.63) is 0 Å². The van der Waals surface area contributed by atoms with E-state index in [-0.39, 0.29) is 6.42 Å². The summed E-state index contributed by atoms with van der Waals surface area (Å²) in [4.78, 5) is 24.0. The molecule has 0 saturated heterocycles. The molecule has 6 heteroatoms. The SMILES string of the molecule is CC[Si](CC)(CC)OC(=O)CC(=O)O[Si](CC)(CC)CC. The van der Waals surface area contributed by atoms with Gasteiger partial charge in [-0.3, -0.25) is 9.59 Å². The third-order valence-electron chi connectivity index (χ3n) is 4.82. The summed E-state index contributed by atoms with van der Waals surface area (Å²) in [6.45, 7) is 12.4. The van der Waals surface area contributed by atoms with Crippen molar-refractivity contribution in [2.75, 3.05) is 0 Å². The number of rotatable bonds is 10. The lowest BCUT2D eigenvalue weighted by atomic mass is 10.5. The Kier molecular flexibility index (Phi) is 9.12. The molecule has 0 aliphatic heterocycles. The summed E-state index contributed by atoms with van der Waals surface area (Å²) in [5.74, 6) is -0.799. The highest BCUT2D eigenvalue weighted by atomic mass is 28.4. The summed E-state index contributed by atoms with van der Waals surface area (Å²) < 4.78 is 11.4. The van der Waals surface area contributed by atoms with Crippen LogP contribution in [-0.4, -0.2) is 28.6 Å². The fraction of sp³-hybridized carbons (Fsp3) is 0.867. The zero-order valence-electron chi connectivity index (χ0n) is 14.6. The highest BCUT2D eigenvalue weighted by Crippen LogP contribution is 2.24. The molecule has 0 saturated carbocycles. The van der Waals surface area contributed by atoms with Crippen LogP contribution < -0.4 is 0 Å². The van der Waals surface area contributed by atoms with Gasteiger partial charge in [0.25, 0.3) is 16.6 Å². The predicted octanol–water partition coefficient (Wildman–Crippen LogP) is 4.47. The molecule has 0 aromatic rings. The van der Waals surface area contributed by atoms with Crippen LogP contribution >= 0.6 is 0 Å². The van der Waals surface area contributed by atoms with Crippen LogP contribution in [0.5, 0.6) is 0 Å². The topological polar surface area (TPSA) is 52.6 Å². The minimum Gasteiger partial charge on any atom is -0.519 e. The molecule has 0 bridgehead atoms. The maximum Gasteiger partial charge on any atom is 0.303 e. The summed E-state index contributed by atoms with van der Waals surface area (Å²) >= 11 is 0. The smallest absolute Gasteiger partial charge is 0.303 e. The zero-order valence-corrected chi connectivity index (χ0v) is 16.6. The van der Waals surface area contributed by atoms with Crippen molar-refractivity contribution in [2.45, 2.75) is 84.2 Å². The quantitative estimate of drug-likeness (QED) is 0.437. The first-order valence-electron chi connectivity index (χ1n) is 8.30. The fourth-order valence-electron chi connectivity index (χ4n) is 2.61. The van der Waals surface area contributed by atoms with E-state index in [9.17, 15) is 9.59 Å². The second-order valence-electron chi connectivity index (χ2n) is 5.61. The highest BCUT2D eigenvalue weighted by molar-refractivity contribution is 6.75. The molecule has 0 aromatic carbocycles. The number of hydrogen-bond acceptors (Lipinski definition) is 4. The van der Waals surface area contributed by atoms with E-state index in [0.717, 1.165) is 36.3 Å². The van der Waals surface area contributed by atoms with E-state index < -0.39 is 28.6 Å². The minimum atomic E-state index is -1.98. The van der Waals surface area contributed by atoms with Gasteiger partial charge in [0, 0.05) is 0 Å². The molecule has 0 aromatic heterocycles. The normalized spacial score (nSPS) is 12.1. The Morgan fingerprint density at radius 2 is 0.857 bits per heavy atom. The van der Waals surface area contributed by atoms with Crippen LogP contribution in [0.15, 0.2) is 0 Å². The molecule has 0 radical (unpaired) electrons. The average Bonchev–Trinajstić information content (AvgIpc) is 2.50. The molecule has 0 aliphatic carbocycles. The molecule has 0 atom stereocenters. The lowest BCUT2D eigenvalue weighted by Gasteiger charge is -2.29. The van der Waals surface area contributed by atoms with E-state index in [1.165, 1.54) is 0 Å². The van der Waals surface area contributed by atoms with Crippen molar-refractivity contribution in [3.63, 3.8) is 0 Å². The van der Waals surface area contributed by atoms with Crippen molar-refractivity contribution >= 4 is 28.6 Å². The first-order valence-corrected chi connectivity index (χ1v) is 13.4. The summed E-state index contributed by atoms with van der Waals surface area (Å²) in [6.07, 6.45) is -0.233. The lowest BCUT2D eigenvalue weighted by molar-refractivity contribution is -0.145. The minimum absolute atomic E-state index is 0.233. The van der Waals surface area contributed by atoms with Gasteiger partial charge in [-0.2, -0.15) is 0 Å². The maximum absolute atomic E-state index is 12.0. The molecule has 0 aliphatic rings. The molecule has 0 heterocycles. The number of carbonyl (C=O) groups is 2. The van der Waals surface area contributed by atoms with Gasteiger partial charge in [-0.25, -0.2) is 0 Å². The molecular weight excluding hydrogens is 300 g/mol. The van der Waals surface area contributed by atoms with Crippen molar-refractivity contribution < 1.29 is 18.4 Å². The van der Waals surface area contributed by atoms with E-state index in [1.807, 2.05) is 0 Å². The van der Waals surface area contributed by atoms with Crippen LogP contribution in [0.4, 0.5) is 0 Å². The van der Waals surface area contributed by atoms with Crippen molar-refractivity contribution in [1.82, 2.24) is 0 Å². The molecule has 0 spiro atoms. The third kappa shape index (κ3) is 5.94. The largest absolute Gasteiger partial charge is 0.519 e. The highest BCUT2D eigenvalue weighted by Gasteiger charge is 2.36. The van der Waals surface area contributed by atoms with Gasteiger partial charge in [-0.15, -0.1) is 0 Å². The molecule has 0 unspecified atom stereocenters. The maximum atomic E-state index is 12.0. The van der Waals surface area contributed by atoms with Crippen LogP contribution in [0.2, 0.25) is 36.3 Å². The molecule has 0 rings (SSSR count). The summed E-state index contributed by atoms with van der Waals surface area (Å²) in [7, 11) is -3.95. The zero-order chi connectivity index (χ0) is 16.5. The van der Waals surface area contributed by atoms with Crippen LogP contribution in [0.3, 0.4) is 0 Å². The number of carbonyl (C=O) groups excluding carboxylic acids is 2. The van der Waals surface area contributed by atoms with Gasteiger partial charge in [-0.05, 0) is 36.3 Å². The lowest BCUT2D eigenvalue weighted by Crippen LogP contribution is -2.41. The van der Waals surface area contributed by atoms with Crippen molar-refractivity contribution in [2.24, 2.45) is 0 Å². The van der Waals surface area contributed by atoms with Crippen LogP contribution in [0.25, 0.3) is 0 Å². The molecule has 0 fully saturated rings.